The van der Waals surface area contributed by atoms with Crippen molar-refractivity contribution in [3.63, 3.8) is 0 Å². The van der Waals surface area contributed by atoms with Gasteiger partial charge in [0.05, 0.1) is 6.10 Å². The van der Waals surface area contributed by atoms with E-state index in [1.807, 2.05) is 13.8 Å². The van der Waals surface area contributed by atoms with Gasteiger partial charge in [0.1, 0.15) is 6.04 Å². The minimum Gasteiger partial charge on any atom is -0.480 e. The van der Waals surface area contributed by atoms with Crippen molar-refractivity contribution in [3.05, 3.63) is 0 Å². The van der Waals surface area contributed by atoms with Gasteiger partial charge >= 0.3 is 12.0 Å². The zero-order valence-electron chi connectivity index (χ0n) is 12.6. The molecular weight excluding hydrogens is 260 g/mol. The van der Waals surface area contributed by atoms with Gasteiger partial charge in [-0.25, -0.2) is 9.59 Å². The summed E-state index contributed by atoms with van der Waals surface area (Å²) in [6.45, 7) is 6.76. The lowest BCUT2D eigenvalue weighted by atomic mass is 10.2. The van der Waals surface area contributed by atoms with E-state index in [-0.39, 0.29) is 25.0 Å². The van der Waals surface area contributed by atoms with Crippen LogP contribution in [0.1, 0.15) is 46.5 Å². The van der Waals surface area contributed by atoms with Gasteiger partial charge in [-0.05, 0) is 19.8 Å². The van der Waals surface area contributed by atoms with Crippen LogP contribution in [0.15, 0.2) is 0 Å². The zero-order chi connectivity index (χ0) is 15.3. The van der Waals surface area contributed by atoms with Crippen molar-refractivity contribution in [3.8, 4) is 0 Å². The van der Waals surface area contributed by atoms with E-state index in [2.05, 4.69) is 6.92 Å². The quantitative estimate of drug-likeness (QED) is 0.776. The van der Waals surface area contributed by atoms with E-state index < -0.39 is 18.1 Å². The molecule has 2 amide bonds. The first-order valence-corrected chi connectivity index (χ1v) is 7.40. The molecule has 1 rings (SSSR count). The van der Waals surface area contributed by atoms with Crippen LogP contribution >= 0.6 is 0 Å². The number of nitrogens with zero attached hydrogens (tertiary/aromatic N) is 2. The molecule has 0 radical (unpaired) electrons. The molecule has 6 heteroatoms. The Bertz CT molecular complexity index is 348. The number of hydrogen-bond acceptors (Lipinski definition) is 3. The maximum Gasteiger partial charge on any atom is 0.326 e. The number of aliphatic hydroxyl groups is 1. The molecule has 6 nitrogen and oxygen atoms in total. The second-order valence-corrected chi connectivity index (χ2v) is 5.48. The Labute approximate surface area is 120 Å². The molecular formula is C14H26N2O4. The summed E-state index contributed by atoms with van der Waals surface area (Å²) in [6.07, 6.45) is 2.06. The Balaban J connectivity index is 2.84. The molecule has 0 spiro atoms. The number of carboxylic acids is 1. The minimum atomic E-state index is -1.05. The summed E-state index contributed by atoms with van der Waals surface area (Å²) in [5, 5.41) is 18.8. The standard InChI is InChI=1S/C14H26N2O4/c1-4-6-7-15(10(3)5-2)14(20)16-9-11(17)8-12(16)13(18)19/h10-12,17H,4-9H2,1-3H3,(H,18,19)/t10?,11-,12+/m1/s1. The highest BCUT2D eigenvalue weighted by Crippen LogP contribution is 2.21. The zero-order valence-corrected chi connectivity index (χ0v) is 12.6. The number of carbonyl (C=O) groups excluding carboxylic acids is 1. The number of β-amino-alcohol motifs (C(OH)–C–C–N with tert-alkyl or cyclic N) is 1. The van der Waals surface area contributed by atoms with E-state index in [0.29, 0.717) is 6.54 Å². The fourth-order valence-corrected chi connectivity index (χ4v) is 2.48. The Morgan fingerprint density at radius 2 is 2.05 bits per heavy atom. The number of hydrogen-bond donors (Lipinski definition) is 2. The van der Waals surface area contributed by atoms with Gasteiger partial charge in [-0.2, -0.15) is 0 Å². The van der Waals surface area contributed by atoms with Gasteiger partial charge in [-0.1, -0.05) is 20.3 Å². The molecule has 3 atom stereocenters. The van der Waals surface area contributed by atoms with Crippen molar-refractivity contribution in [1.82, 2.24) is 9.80 Å². The van der Waals surface area contributed by atoms with Gasteiger partial charge < -0.3 is 20.0 Å². The second-order valence-electron chi connectivity index (χ2n) is 5.48. The van der Waals surface area contributed by atoms with E-state index in [1.165, 1.54) is 4.90 Å². The molecule has 116 valence electrons. The van der Waals surface area contributed by atoms with Crippen LogP contribution in [0.25, 0.3) is 0 Å². The first kappa shape index (κ1) is 16.8. The molecule has 0 bridgehead atoms. The molecule has 0 aromatic carbocycles. The molecule has 2 N–H and O–H groups in total. The monoisotopic (exact) mass is 286 g/mol. The predicted octanol–water partition coefficient (Wildman–Crippen LogP) is 1.53. The first-order chi connectivity index (χ1) is 9.42. The molecule has 0 aromatic rings. The molecule has 1 unspecified atom stereocenters. The van der Waals surface area contributed by atoms with Gasteiger partial charge in [0.15, 0.2) is 0 Å². The molecule has 0 aromatic heterocycles. The summed E-state index contributed by atoms with van der Waals surface area (Å²) in [6, 6.07) is -1.11. The third kappa shape index (κ3) is 3.85. The first-order valence-electron chi connectivity index (χ1n) is 7.40. The molecule has 1 heterocycles. The van der Waals surface area contributed by atoms with Crippen molar-refractivity contribution in [1.29, 1.82) is 0 Å². The van der Waals surface area contributed by atoms with Crippen molar-refractivity contribution >= 4 is 12.0 Å². The van der Waals surface area contributed by atoms with Crippen molar-refractivity contribution in [2.24, 2.45) is 0 Å². The van der Waals surface area contributed by atoms with Gasteiger partial charge in [-0.3, -0.25) is 0 Å². The van der Waals surface area contributed by atoms with Crippen LogP contribution in [0, 0.1) is 0 Å². The van der Waals surface area contributed by atoms with Crippen LogP contribution < -0.4 is 0 Å². The number of likely N-dealkylation sites (tertiary alicyclic amines) is 1. The van der Waals surface area contributed by atoms with Gasteiger partial charge in [-0.15, -0.1) is 0 Å². The molecule has 1 aliphatic rings. The van der Waals surface area contributed by atoms with Crippen LogP contribution in [-0.4, -0.2) is 63.3 Å². The van der Waals surface area contributed by atoms with Gasteiger partial charge in [0, 0.05) is 25.6 Å². The lowest BCUT2D eigenvalue weighted by Crippen LogP contribution is -2.51. The lowest BCUT2D eigenvalue weighted by molar-refractivity contribution is -0.141. The maximum atomic E-state index is 12.6. The number of urea groups is 1. The number of carboxylic acid groups (broad SMARTS) is 1. The van der Waals surface area contributed by atoms with Crippen molar-refractivity contribution in [2.45, 2.75) is 64.6 Å². The summed E-state index contributed by atoms with van der Waals surface area (Å²) < 4.78 is 0. The smallest absolute Gasteiger partial charge is 0.326 e. The summed E-state index contributed by atoms with van der Waals surface area (Å²) in [4.78, 5) is 26.8. The topological polar surface area (TPSA) is 81.1 Å². The van der Waals surface area contributed by atoms with Crippen LogP contribution in [0.5, 0.6) is 0 Å². The third-order valence-electron chi connectivity index (χ3n) is 3.93. The van der Waals surface area contributed by atoms with Gasteiger partial charge in [0.25, 0.3) is 0 Å². The third-order valence-corrected chi connectivity index (χ3v) is 3.93. The van der Waals surface area contributed by atoms with E-state index in [1.54, 1.807) is 4.90 Å². The molecule has 0 aliphatic carbocycles. The molecule has 1 saturated heterocycles. The van der Waals surface area contributed by atoms with Gasteiger partial charge in [0.2, 0.25) is 0 Å². The minimum absolute atomic E-state index is 0.0706. The highest BCUT2D eigenvalue weighted by Gasteiger charge is 2.41. The Morgan fingerprint density at radius 1 is 1.40 bits per heavy atom. The molecule has 0 saturated carbocycles. The number of aliphatic carboxylic acids is 1. The van der Waals surface area contributed by atoms with Crippen molar-refractivity contribution in [2.75, 3.05) is 13.1 Å². The molecule has 20 heavy (non-hydrogen) atoms. The average Bonchev–Trinajstić information content (AvgIpc) is 2.80. The summed E-state index contributed by atoms with van der Waals surface area (Å²) in [5.74, 6) is -1.05. The van der Waals surface area contributed by atoms with Crippen LogP contribution in [0.3, 0.4) is 0 Å². The Kier molecular flexibility index (Phi) is 6.26. The van der Waals surface area contributed by atoms with E-state index in [9.17, 15) is 19.8 Å². The van der Waals surface area contributed by atoms with Crippen LogP contribution in [-0.2, 0) is 4.79 Å². The Morgan fingerprint density at radius 3 is 2.55 bits per heavy atom. The Hall–Kier alpha value is -1.30. The maximum absolute atomic E-state index is 12.6. The van der Waals surface area contributed by atoms with Crippen LogP contribution in [0.4, 0.5) is 4.79 Å². The van der Waals surface area contributed by atoms with E-state index in [0.717, 1.165) is 19.3 Å². The average molecular weight is 286 g/mol. The molecule has 1 aliphatic heterocycles. The lowest BCUT2D eigenvalue weighted by Gasteiger charge is -2.34. The largest absolute Gasteiger partial charge is 0.480 e. The summed E-state index contributed by atoms with van der Waals surface area (Å²) in [7, 11) is 0. The normalized spacial score (nSPS) is 23.7. The fraction of sp³-hybridized carbons (Fsp3) is 0.857. The summed E-state index contributed by atoms with van der Waals surface area (Å²) >= 11 is 0. The number of unbranched alkanes of at least 4 members (excludes halogenated alkanes) is 1. The second kappa shape index (κ2) is 7.47. The van der Waals surface area contributed by atoms with E-state index >= 15 is 0 Å². The number of rotatable bonds is 6. The fourth-order valence-electron chi connectivity index (χ4n) is 2.48. The number of carbonyl (C=O) groups is 2. The highest BCUT2D eigenvalue weighted by molar-refractivity contribution is 5.83. The highest BCUT2D eigenvalue weighted by atomic mass is 16.4. The van der Waals surface area contributed by atoms with Crippen LogP contribution in [0.2, 0.25) is 0 Å². The van der Waals surface area contributed by atoms with Crippen molar-refractivity contribution < 1.29 is 19.8 Å². The summed E-state index contributed by atoms with van der Waals surface area (Å²) in [5.41, 5.74) is 0. The molecule has 1 fully saturated rings. The SMILES string of the molecule is CCCCN(C(=O)N1C[C@H](O)C[C@H]1C(=O)O)C(C)CC. The number of aliphatic hydroxyl groups excluding tert-OH is 1. The van der Waals surface area contributed by atoms with E-state index in [4.69, 9.17) is 0 Å². The predicted molar refractivity (Wildman–Crippen MR) is 75.5 cm³/mol. The number of amides is 2.